The summed E-state index contributed by atoms with van der Waals surface area (Å²) in [5.41, 5.74) is 6.78. The van der Waals surface area contributed by atoms with Gasteiger partial charge in [0.2, 0.25) is 5.91 Å². The summed E-state index contributed by atoms with van der Waals surface area (Å²) in [6, 6.07) is 14.9. The fraction of sp³-hybridized carbons (Fsp3) is 0.208. The zero-order valence-corrected chi connectivity index (χ0v) is 16.6. The molecule has 29 heavy (non-hydrogen) atoms. The van der Waals surface area contributed by atoms with E-state index in [2.05, 4.69) is 17.4 Å². The number of aromatic hydroxyl groups is 1. The molecule has 0 saturated heterocycles. The highest BCUT2D eigenvalue weighted by molar-refractivity contribution is 5.93. The number of phenolic OH excluding ortho intramolecular Hbond substituents is 1. The van der Waals surface area contributed by atoms with Gasteiger partial charge >= 0.3 is 0 Å². The van der Waals surface area contributed by atoms with Crippen molar-refractivity contribution in [3.8, 4) is 17.0 Å². The number of nitrogens with one attached hydrogen (secondary N) is 1. The Morgan fingerprint density at radius 1 is 1.07 bits per heavy atom. The molecule has 0 spiro atoms. The van der Waals surface area contributed by atoms with Gasteiger partial charge in [0.05, 0.1) is 17.8 Å². The number of anilines is 1. The molecule has 5 nitrogen and oxygen atoms in total. The number of carbonyl (C=O) groups is 1. The fourth-order valence-electron chi connectivity index (χ4n) is 3.54. The molecule has 4 rings (SSSR count). The lowest BCUT2D eigenvalue weighted by Gasteiger charge is -2.20. The first-order valence-corrected chi connectivity index (χ1v) is 9.71. The number of aromatic nitrogens is 2. The first kappa shape index (κ1) is 18.9. The minimum absolute atomic E-state index is 0.162. The average molecular weight is 385 g/mol. The van der Waals surface area contributed by atoms with Gasteiger partial charge in [0, 0.05) is 5.56 Å². The van der Waals surface area contributed by atoms with Crippen LogP contribution in [-0.4, -0.2) is 21.0 Å². The second-order valence-corrected chi connectivity index (χ2v) is 7.52. The second kappa shape index (κ2) is 7.87. The predicted octanol–water partition coefficient (Wildman–Crippen LogP) is 4.55. The van der Waals surface area contributed by atoms with Crippen LogP contribution in [0.3, 0.4) is 0 Å². The van der Waals surface area contributed by atoms with Crippen LogP contribution in [0.2, 0.25) is 0 Å². The summed E-state index contributed by atoms with van der Waals surface area (Å²) in [6.45, 7) is 3.99. The number of carbonyl (C=O) groups excluding carboxylic acids is 1. The molecule has 2 N–H and O–H groups in total. The van der Waals surface area contributed by atoms with E-state index in [1.54, 1.807) is 24.3 Å². The number of rotatable bonds is 4. The lowest BCUT2D eigenvalue weighted by Crippen LogP contribution is -2.19. The Hall–Kier alpha value is -3.47. The Morgan fingerprint density at radius 2 is 1.83 bits per heavy atom. The van der Waals surface area contributed by atoms with Gasteiger partial charge in [-0.15, -0.1) is 0 Å². The Morgan fingerprint density at radius 3 is 2.59 bits per heavy atom. The minimum Gasteiger partial charge on any atom is -0.508 e. The lowest BCUT2D eigenvalue weighted by atomic mass is 9.92. The summed E-state index contributed by atoms with van der Waals surface area (Å²) in [5.74, 6) is 0.513. The van der Waals surface area contributed by atoms with Gasteiger partial charge in [-0.3, -0.25) is 4.79 Å². The van der Waals surface area contributed by atoms with Crippen LogP contribution in [0.1, 0.15) is 36.4 Å². The molecule has 0 saturated carbocycles. The molecule has 2 aromatic carbocycles. The summed E-state index contributed by atoms with van der Waals surface area (Å²) < 4.78 is 0. The van der Waals surface area contributed by atoms with Crippen molar-refractivity contribution < 1.29 is 9.90 Å². The average Bonchev–Trinajstić information content (AvgIpc) is 2.70. The number of nitrogens with zero attached hydrogens (tertiary/aromatic N) is 2. The van der Waals surface area contributed by atoms with Crippen molar-refractivity contribution in [1.29, 1.82) is 0 Å². The monoisotopic (exact) mass is 385 g/mol. The number of amides is 1. The molecule has 5 heteroatoms. The summed E-state index contributed by atoms with van der Waals surface area (Å²) in [6.07, 6.45) is 3.87. The largest absolute Gasteiger partial charge is 0.508 e. The van der Waals surface area contributed by atoms with E-state index in [1.807, 2.05) is 32.1 Å². The van der Waals surface area contributed by atoms with E-state index in [-0.39, 0.29) is 18.1 Å². The molecule has 1 aromatic heterocycles. The van der Waals surface area contributed by atoms with E-state index in [1.165, 1.54) is 5.56 Å². The van der Waals surface area contributed by atoms with E-state index in [0.29, 0.717) is 11.5 Å². The number of phenols is 1. The molecule has 0 bridgehead atoms. The van der Waals surface area contributed by atoms with E-state index >= 15 is 0 Å². The smallest absolute Gasteiger partial charge is 0.230 e. The van der Waals surface area contributed by atoms with Crippen molar-refractivity contribution in [2.45, 2.75) is 33.1 Å². The Bertz CT molecular complexity index is 1100. The van der Waals surface area contributed by atoms with Crippen molar-refractivity contribution in [2.24, 2.45) is 0 Å². The first-order chi connectivity index (χ1) is 14.0. The standard InChI is InChI=1S/C24H23N3O2/c1-15(2)13-21-24(27-22(29)14-16-7-10-18(28)11-8-16)26-20-12-9-17-5-3-4-6-19(17)23(20)25-21/h3-8,10-11,13,28H,9,12,14H2,1-2H3,(H,26,27,29). The lowest BCUT2D eigenvalue weighted by molar-refractivity contribution is -0.115. The van der Waals surface area contributed by atoms with E-state index in [9.17, 15) is 9.90 Å². The van der Waals surface area contributed by atoms with Crippen molar-refractivity contribution >= 4 is 17.8 Å². The maximum atomic E-state index is 12.6. The molecule has 1 amide bonds. The molecule has 0 fully saturated rings. The summed E-state index contributed by atoms with van der Waals surface area (Å²) in [7, 11) is 0. The van der Waals surface area contributed by atoms with E-state index in [0.717, 1.165) is 40.9 Å². The van der Waals surface area contributed by atoms with Gasteiger partial charge in [0.15, 0.2) is 5.82 Å². The molecule has 1 heterocycles. The Labute approximate surface area is 170 Å². The zero-order valence-electron chi connectivity index (χ0n) is 16.6. The number of fused-ring (bicyclic) bond motifs is 3. The number of aryl methyl sites for hydroxylation is 2. The van der Waals surface area contributed by atoms with Gasteiger partial charge in [0.25, 0.3) is 0 Å². The topological polar surface area (TPSA) is 75.1 Å². The summed E-state index contributed by atoms with van der Waals surface area (Å²) in [4.78, 5) is 22.3. The van der Waals surface area contributed by atoms with Crippen LogP contribution in [0.4, 0.5) is 5.82 Å². The molecule has 0 aliphatic heterocycles. The molecule has 0 radical (unpaired) electrons. The molecule has 146 valence electrons. The van der Waals surface area contributed by atoms with Crippen LogP contribution >= 0.6 is 0 Å². The highest BCUT2D eigenvalue weighted by Gasteiger charge is 2.21. The summed E-state index contributed by atoms with van der Waals surface area (Å²) in [5, 5.41) is 12.3. The number of hydrogen-bond acceptors (Lipinski definition) is 4. The highest BCUT2D eigenvalue weighted by atomic mass is 16.3. The normalized spacial score (nSPS) is 11.9. The van der Waals surface area contributed by atoms with Crippen LogP contribution in [0.25, 0.3) is 17.3 Å². The molecule has 1 aliphatic rings. The minimum atomic E-state index is -0.162. The van der Waals surface area contributed by atoms with Crippen LogP contribution in [0.15, 0.2) is 54.1 Å². The van der Waals surface area contributed by atoms with E-state index in [4.69, 9.17) is 9.97 Å². The van der Waals surface area contributed by atoms with Gasteiger partial charge in [-0.05, 0) is 56.0 Å². The van der Waals surface area contributed by atoms with E-state index < -0.39 is 0 Å². The molecule has 1 aliphatic carbocycles. The second-order valence-electron chi connectivity index (χ2n) is 7.52. The third kappa shape index (κ3) is 4.19. The molecular formula is C24H23N3O2. The van der Waals surface area contributed by atoms with Crippen LogP contribution in [0, 0.1) is 0 Å². The Balaban J connectivity index is 1.67. The summed E-state index contributed by atoms with van der Waals surface area (Å²) >= 11 is 0. The molecular weight excluding hydrogens is 362 g/mol. The van der Waals surface area contributed by atoms with Gasteiger partial charge in [0.1, 0.15) is 11.4 Å². The zero-order chi connectivity index (χ0) is 20.4. The fourth-order valence-corrected chi connectivity index (χ4v) is 3.54. The van der Waals surface area contributed by atoms with Crippen molar-refractivity contribution in [2.75, 3.05) is 5.32 Å². The van der Waals surface area contributed by atoms with Crippen molar-refractivity contribution in [1.82, 2.24) is 9.97 Å². The molecule has 0 unspecified atom stereocenters. The van der Waals surface area contributed by atoms with Gasteiger partial charge < -0.3 is 10.4 Å². The molecule has 0 atom stereocenters. The van der Waals surface area contributed by atoms with Gasteiger partial charge in [-0.1, -0.05) is 42.0 Å². The number of hydrogen-bond donors (Lipinski definition) is 2. The number of allylic oxidation sites excluding steroid dienone is 1. The predicted molar refractivity (Wildman–Crippen MR) is 115 cm³/mol. The third-order valence-electron chi connectivity index (χ3n) is 4.88. The Kier molecular flexibility index (Phi) is 5.12. The SMILES string of the molecule is CC(C)=Cc1nc2c(nc1NC(=O)Cc1ccc(O)cc1)CCc1ccccc1-2. The maximum absolute atomic E-state index is 12.6. The van der Waals surface area contributed by atoms with Gasteiger partial charge in [-0.25, -0.2) is 9.97 Å². The number of benzene rings is 2. The van der Waals surface area contributed by atoms with Crippen LogP contribution in [0.5, 0.6) is 5.75 Å². The quantitative estimate of drug-likeness (QED) is 0.691. The first-order valence-electron chi connectivity index (χ1n) is 9.71. The van der Waals surface area contributed by atoms with Crippen molar-refractivity contribution in [3.05, 3.63) is 76.6 Å². The van der Waals surface area contributed by atoms with Crippen LogP contribution < -0.4 is 5.32 Å². The maximum Gasteiger partial charge on any atom is 0.230 e. The van der Waals surface area contributed by atoms with Crippen molar-refractivity contribution in [3.63, 3.8) is 0 Å². The molecule has 3 aromatic rings. The van der Waals surface area contributed by atoms with Gasteiger partial charge in [-0.2, -0.15) is 0 Å². The highest BCUT2D eigenvalue weighted by Crippen LogP contribution is 2.33. The van der Waals surface area contributed by atoms with Crippen LogP contribution in [-0.2, 0) is 24.1 Å². The third-order valence-corrected chi connectivity index (χ3v) is 4.88.